The molecule has 0 amide bonds. The van der Waals surface area contributed by atoms with Crippen LogP contribution < -0.4 is 0 Å². The van der Waals surface area contributed by atoms with Crippen LogP contribution in [0.25, 0.3) is 0 Å². The SMILES string of the molecule is C=CC(=O)OCC(=C)O. The maximum atomic E-state index is 10.2. The van der Waals surface area contributed by atoms with Gasteiger partial charge in [-0.15, -0.1) is 0 Å². The lowest BCUT2D eigenvalue weighted by molar-refractivity contribution is -0.137. The Bertz CT molecular complexity index is 137. The van der Waals surface area contributed by atoms with Crippen molar-refractivity contribution in [3.63, 3.8) is 0 Å². The molecule has 0 saturated heterocycles. The third kappa shape index (κ3) is 4.61. The van der Waals surface area contributed by atoms with E-state index >= 15 is 0 Å². The van der Waals surface area contributed by atoms with Crippen LogP contribution in [0.5, 0.6) is 0 Å². The van der Waals surface area contributed by atoms with Crippen molar-refractivity contribution < 1.29 is 14.6 Å². The zero-order valence-corrected chi connectivity index (χ0v) is 4.96. The summed E-state index contributed by atoms with van der Waals surface area (Å²) in [6, 6.07) is 0. The molecule has 1 N–H and O–H groups in total. The summed E-state index contributed by atoms with van der Waals surface area (Å²) in [5, 5.41) is 8.39. The zero-order valence-electron chi connectivity index (χ0n) is 4.96. The van der Waals surface area contributed by atoms with Gasteiger partial charge in [0, 0.05) is 6.08 Å². The molecule has 50 valence electrons. The molecule has 0 unspecified atom stereocenters. The van der Waals surface area contributed by atoms with Crippen LogP contribution in [-0.2, 0) is 9.53 Å². The van der Waals surface area contributed by atoms with Crippen molar-refractivity contribution in [3.05, 3.63) is 25.0 Å². The minimum atomic E-state index is -0.565. The highest BCUT2D eigenvalue weighted by Crippen LogP contribution is 1.85. The maximum absolute atomic E-state index is 10.2. The van der Waals surface area contributed by atoms with Gasteiger partial charge in [0.2, 0.25) is 0 Å². The number of carbonyl (C=O) groups is 1. The van der Waals surface area contributed by atoms with Gasteiger partial charge in [0.1, 0.15) is 12.4 Å². The molecule has 0 saturated carbocycles. The van der Waals surface area contributed by atoms with Crippen molar-refractivity contribution in [2.24, 2.45) is 0 Å². The van der Waals surface area contributed by atoms with Crippen molar-refractivity contribution in [3.8, 4) is 0 Å². The molecule has 9 heavy (non-hydrogen) atoms. The molecular formula is C6H8O3. The number of ether oxygens (including phenoxy) is 1. The van der Waals surface area contributed by atoms with Gasteiger partial charge >= 0.3 is 5.97 Å². The Morgan fingerprint density at radius 3 is 2.67 bits per heavy atom. The van der Waals surface area contributed by atoms with Gasteiger partial charge in [-0.05, 0) is 0 Å². The molecule has 0 heterocycles. The lowest BCUT2D eigenvalue weighted by Crippen LogP contribution is -2.02. The van der Waals surface area contributed by atoms with Crippen LogP contribution in [0.15, 0.2) is 25.0 Å². The minimum absolute atomic E-state index is 0.162. The molecule has 0 aliphatic carbocycles. The fourth-order valence-electron chi connectivity index (χ4n) is 0.213. The number of hydrogen-bond acceptors (Lipinski definition) is 3. The van der Waals surface area contributed by atoms with Gasteiger partial charge in [-0.3, -0.25) is 0 Å². The first-order valence-corrected chi connectivity index (χ1v) is 2.32. The molecule has 0 rings (SSSR count). The summed E-state index contributed by atoms with van der Waals surface area (Å²) in [5.41, 5.74) is 0. The first kappa shape index (κ1) is 7.75. The van der Waals surface area contributed by atoms with E-state index in [9.17, 15) is 4.79 Å². The van der Waals surface area contributed by atoms with E-state index in [1.54, 1.807) is 0 Å². The number of hydrogen-bond donors (Lipinski definition) is 1. The number of aliphatic hydroxyl groups excluding tert-OH is 1. The van der Waals surface area contributed by atoms with Crippen LogP contribution in [0.4, 0.5) is 0 Å². The largest absolute Gasteiger partial charge is 0.509 e. The highest BCUT2D eigenvalue weighted by Gasteiger charge is 1.94. The van der Waals surface area contributed by atoms with Crippen LogP contribution in [0.2, 0.25) is 0 Å². The van der Waals surface area contributed by atoms with E-state index in [-0.39, 0.29) is 12.4 Å². The minimum Gasteiger partial charge on any atom is -0.509 e. The van der Waals surface area contributed by atoms with Crippen molar-refractivity contribution in [2.75, 3.05) is 6.61 Å². The van der Waals surface area contributed by atoms with Crippen LogP contribution in [0, 0.1) is 0 Å². The summed E-state index contributed by atoms with van der Waals surface area (Å²) in [6.45, 7) is 6.10. The molecule has 0 aromatic rings. The summed E-state index contributed by atoms with van der Waals surface area (Å²) in [4.78, 5) is 10.2. The Morgan fingerprint density at radius 1 is 1.78 bits per heavy atom. The van der Waals surface area contributed by atoms with Crippen molar-refractivity contribution in [2.45, 2.75) is 0 Å². The van der Waals surface area contributed by atoms with E-state index in [0.29, 0.717) is 0 Å². The summed E-state index contributed by atoms with van der Waals surface area (Å²) in [5.74, 6) is -0.740. The highest BCUT2D eigenvalue weighted by molar-refractivity contribution is 5.81. The monoisotopic (exact) mass is 128 g/mol. The normalized spacial score (nSPS) is 8.00. The molecule has 0 aliphatic rings. The molecule has 0 radical (unpaired) electrons. The average molecular weight is 128 g/mol. The second-order valence-corrected chi connectivity index (χ2v) is 1.38. The van der Waals surface area contributed by atoms with E-state index in [0.717, 1.165) is 6.08 Å². The average Bonchev–Trinajstić information content (AvgIpc) is 1.83. The van der Waals surface area contributed by atoms with Gasteiger partial charge in [-0.2, -0.15) is 0 Å². The molecule has 0 aliphatic heterocycles. The van der Waals surface area contributed by atoms with E-state index in [1.807, 2.05) is 0 Å². The quantitative estimate of drug-likeness (QED) is 0.347. The van der Waals surface area contributed by atoms with Gasteiger partial charge in [0.05, 0.1) is 0 Å². The van der Waals surface area contributed by atoms with Gasteiger partial charge < -0.3 is 9.84 Å². The van der Waals surface area contributed by atoms with Gasteiger partial charge in [-0.25, -0.2) is 4.79 Å². The molecule has 0 bridgehead atoms. The highest BCUT2D eigenvalue weighted by atomic mass is 16.5. The Morgan fingerprint density at radius 2 is 2.33 bits per heavy atom. The molecule has 0 fully saturated rings. The maximum Gasteiger partial charge on any atom is 0.330 e. The Labute approximate surface area is 53.3 Å². The second kappa shape index (κ2) is 3.72. The van der Waals surface area contributed by atoms with Crippen molar-refractivity contribution >= 4 is 5.97 Å². The number of rotatable bonds is 3. The fourth-order valence-corrected chi connectivity index (χ4v) is 0.213. The van der Waals surface area contributed by atoms with E-state index in [4.69, 9.17) is 5.11 Å². The summed E-state index contributed by atoms with van der Waals surface area (Å²) < 4.78 is 4.35. The number of esters is 1. The summed E-state index contributed by atoms with van der Waals surface area (Å²) in [7, 11) is 0. The molecule has 0 aromatic carbocycles. The molecule has 3 nitrogen and oxygen atoms in total. The Hall–Kier alpha value is -1.25. The fraction of sp³-hybridized carbons (Fsp3) is 0.167. The van der Waals surface area contributed by atoms with E-state index < -0.39 is 5.97 Å². The standard InChI is InChI=1S/C6H8O3/c1-3-6(8)9-4-5(2)7/h3,7H,1-2,4H2. The number of aliphatic hydroxyl groups is 1. The molecule has 0 spiro atoms. The molecule has 0 atom stereocenters. The topological polar surface area (TPSA) is 46.5 Å². The van der Waals surface area contributed by atoms with Crippen molar-refractivity contribution in [1.29, 1.82) is 0 Å². The molecular weight excluding hydrogens is 120 g/mol. The zero-order chi connectivity index (χ0) is 7.28. The second-order valence-electron chi connectivity index (χ2n) is 1.38. The predicted molar refractivity (Wildman–Crippen MR) is 32.9 cm³/mol. The smallest absolute Gasteiger partial charge is 0.330 e. The lowest BCUT2D eigenvalue weighted by atomic mass is 10.6. The Balaban J connectivity index is 3.39. The lowest BCUT2D eigenvalue weighted by Gasteiger charge is -1.97. The first-order chi connectivity index (χ1) is 4.16. The van der Waals surface area contributed by atoms with Crippen LogP contribution in [0.3, 0.4) is 0 Å². The third-order valence-corrected chi connectivity index (χ3v) is 0.548. The van der Waals surface area contributed by atoms with Crippen LogP contribution >= 0.6 is 0 Å². The number of carbonyl (C=O) groups excluding carboxylic acids is 1. The summed E-state index contributed by atoms with van der Waals surface area (Å²) >= 11 is 0. The molecule has 3 heteroatoms. The third-order valence-electron chi connectivity index (χ3n) is 0.548. The predicted octanol–water partition coefficient (Wildman–Crippen LogP) is 0.787. The first-order valence-electron chi connectivity index (χ1n) is 2.32. The van der Waals surface area contributed by atoms with Gasteiger partial charge in [0.15, 0.2) is 0 Å². The van der Waals surface area contributed by atoms with Crippen molar-refractivity contribution in [1.82, 2.24) is 0 Å². The Kier molecular flexibility index (Phi) is 3.20. The van der Waals surface area contributed by atoms with Crippen LogP contribution in [0.1, 0.15) is 0 Å². The van der Waals surface area contributed by atoms with E-state index in [2.05, 4.69) is 17.9 Å². The van der Waals surface area contributed by atoms with Crippen LogP contribution in [-0.4, -0.2) is 17.7 Å². The van der Waals surface area contributed by atoms with Gasteiger partial charge in [-0.1, -0.05) is 13.2 Å². The van der Waals surface area contributed by atoms with Gasteiger partial charge in [0.25, 0.3) is 0 Å². The van der Waals surface area contributed by atoms with E-state index in [1.165, 1.54) is 0 Å². The summed E-state index contributed by atoms with van der Waals surface area (Å²) in [6.07, 6.45) is 1.02. The molecule has 0 aromatic heterocycles.